The first-order valence-electron chi connectivity index (χ1n) is 10.8. The molecule has 4 rings (SSSR count). The van der Waals surface area contributed by atoms with Gasteiger partial charge in [0.15, 0.2) is 0 Å². The summed E-state index contributed by atoms with van der Waals surface area (Å²) in [5.41, 5.74) is 1.47. The van der Waals surface area contributed by atoms with Gasteiger partial charge < -0.3 is 14.5 Å². The van der Waals surface area contributed by atoms with Crippen molar-refractivity contribution < 1.29 is 13.9 Å². The molecule has 1 fully saturated rings. The van der Waals surface area contributed by atoms with Crippen LogP contribution in [0.5, 0.6) is 5.75 Å². The van der Waals surface area contributed by atoms with Gasteiger partial charge in [0.2, 0.25) is 5.43 Å². The van der Waals surface area contributed by atoms with E-state index in [2.05, 4.69) is 34.5 Å². The van der Waals surface area contributed by atoms with Crippen molar-refractivity contribution in [2.45, 2.75) is 25.8 Å². The predicted molar refractivity (Wildman–Crippen MR) is 120 cm³/mol. The summed E-state index contributed by atoms with van der Waals surface area (Å²) in [4.78, 5) is 27.7. The van der Waals surface area contributed by atoms with Crippen LogP contribution in [0.2, 0.25) is 0 Å². The number of nitrogens with one attached hydrogen (secondary N) is 1. The van der Waals surface area contributed by atoms with E-state index in [4.69, 9.17) is 9.15 Å². The molecule has 6 heteroatoms. The van der Waals surface area contributed by atoms with Crippen LogP contribution in [0, 0.1) is 5.92 Å². The molecule has 6 nitrogen and oxygen atoms in total. The van der Waals surface area contributed by atoms with Crippen molar-refractivity contribution >= 4 is 16.9 Å². The Morgan fingerprint density at radius 3 is 2.68 bits per heavy atom. The lowest BCUT2D eigenvalue weighted by atomic mass is 9.93. The minimum absolute atomic E-state index is 0.0263. The van der Waals surface area contributed by atoms with Crippen molar-refractivity contribution in [1.82, 2.24) is 10.2 Å². The molecule has 3 aromatic rings. The summed E-state index contributed by atoms with van der Waals surface area (Å²) in [5.74, 6) is 0.751. The summed E-state index contributed by atoms with van der Waals surface area (Å²) in [5, 5.41) is 3.23. The molecule has 1 N–H and O–H groups in total. The zero-order chi connectivity index (χ0) is 21.6. The first-order valence-corrected chi connectivity index (χ1v) is 10.8. The van der Waals surface area contributed by atoms with E-state index in [-0.39, 0.29) is 16.9 Å². The van der Waals surface area contributed by atoms with Crippen LogP contribution in [0.4, 0.5) is 0 Å². The Bertz CT molecular complexity index is 1090. The molecule has 31 heavy (non-hydrogen) atoms. The first-order chi connectivity index (χ1) is 15.1. The van der Waals surface area contributed by atoms with E-state index in [0.29, 0.717) is 29.2 Å². The van der Waals surface area contributed by atoms with E-state index in [9.17, 15) is 9.59 Å². The number of carbonyl (C=O) groups excluding carboxylic acids is 1. The van der Waals surface area contributed by atoms with Crippen molar-refractivity contribution in [2.75, 3.05) is 26.7 Å². The number of fused-ring (bicyclic) bond motifs is 1. The second kappa shape index (κ2) is 9.79. The molecular formula is C25H28N2O4. The molecule has 0 aliphatic carbocycles. The van der Waals surface area contributed by atoms with Crippen LogP contribution in [0.3, 0.4) is 0 Å². The third-order valence-corrected chi connectivity index (χ3v) is 6.02. The van der Waals surface area contributed by atoms with E-state index in [1.807, 2.05) is 6.07 Å². The Labute approximate surface area is 181 Å². The molecule has 0 atom stereocenters. The number of amides is 1. The Balaban J connectivity index is 1.27. The lowest BCUT2D eigenvalue weighted by molar-refractivity contribution is 0.0945. The molecule has 1 aromatic heterocycles. The molecule has 1 aliphatic heterocycles. The van der Waals surface area contributed by atoms with Crippen molar-refractivity contribution in [3.05, 3.63) is 76.1 Å². The largest absolute Gasteiger partial charge is 0.497 e. The normalized spacial score (nSPS) is 15.1. The van der Waals surface area contributed by atoms with E-state index in [1.165, 1.54) is 18.9 Å². The summed E-state index contributed by atoms with van der Waals surface area (Å²) in [6.07, 6.45) is 4.41. The van der Waals surface area contributed by atoms with Gasteiger partial charge in [0, 0.05) is 13.1 Å². The smallest absolute Gasteiger partial charge is 0.258 e. The molecular weight excluding hydrogens is 392 g/mol. The number of benzene rings is 2. The van der Waals surface area contributed by atoms with Crippen molar-refractivity contribution in [3.63, 3.8) is 0 Å². The SMILES string of the molecule is COc1ccc2occ(C(=O)NCCC3CCN(Cc4ccccc4)CC3)c(=O)c2c1. The first kappa shape index (κ1) is 21.1. The topological polar surface area (TPSA) is 71.8 Å². The van der Waals surface area contributed by atoms with Crippen LogP contribution >= 0.6 is 0 Å². The van der Waals surface area contributed by atoms with E-state index >= 15 is 0 Å². The van der Waals surface area contributed by atoms with Gasteiger partial charge in [-0.25, -0.2) is 0 Å². The molecule has 0 unspecified atom stereocenters. The summed E-state index contributed by atoms with van der Waals surface area (Å²) in [6.45, 7) is 3.69. The van der Waals surface area contributed by atoms with Gasteiger partial charge in [-0.1, -0.05) is 30.3 Å². The van der Waals surface area contributed by atoms with Crippen LogP contribution in [-0.4, -0.2) is 37.6 Å². The second-order valence-electron chi connectivity index (χ2n) is 8.09. The Morgan fingerprint density at radius 2 is 1.94 bits per heavy atom. The monoisotopic (exact) mass is 420 g/mol. The van der Waals surface area contributed by atoms with Crippen LogP contribution in [0.15, 0.2) is 64.0 Å². The van der Waals surface area contributed by atoms with Crippen LogP contribution in [0.25, 0.3) is 11.0 Å². The van der Waals surface area contributed by atoms with Crippen LogP contribution in [-0.2, 0) is 6.54 Å². The summed E-state index contributed by atoms with van der Waals surface area (Å²) >= 11 is 0. The third kappa shape index (κ3) is 5.14. The summed E-state index contributed by atoms with van der Waals surface area (Å²) in [6, 6.07) is 15.5. The highest BCUT2D eigenvalue weighted by Crippen LogP contribution is 2.22. The highest BCUT2D eigenvalue weighted by atomic mass is 16.5. The molecule has 1 aliphatic rings. The van der Waals surface area contributed by atoms with Gasteiger partial charge in [-0.3, -0.25) is 14.5 Å². The fraction of sp³-hybridized carbons (Fsp3) is 0.360. The quantitative estimate of drug-likeness (QED) is 0.629. The van der Waals surface area contributed by atoms with Crippen molar-refractivity contribution in [1.29, 1.82) is 0 Å². The fourth-order valence-electron chi connectivity index (χ4n) is 4.15. The van der Waals surface area contributed by atoms with Gasteiger partial charge in [0.05, 0.1) is 12.5 Å². The molecule has 0 bridgehead atoms. The molecule has 1 amide bonds. The zero-order valence-corrected chi connectivity index (χ0v) is 17.8. The molecule has 2 aromatic carbocycles. The van der Waals surface area contributed by atoms with E-state index < -0.39 is 0 Å². The van der Waals surface area contributed by atoms with E-state index in [0.717, 1.165) is 38.9 Å². The maximum absolute atomic E-state index is 12.7. The Kier molecular flexibility index (Phi) is 6.67. The zero-order valence-electron chi connectivity index (χ0n) is 17.8. The summed E-state index contributed by atoms with van der Waals surface area (Å²) in [7, 11) is 1.53. The number of carbonyl (C=O) groups is 1. The average molecular weight is 421 g/mol. The number of rotatable bonds is 7. The molecule has 1 saturated heterocycles. The highest BCUT2D eigenvalue weighted by Gasteiger charge is 2.20. The number of hydrogen-bond acceptors (Lipinski definition) is 5. The highest BCUT2D eigenvalue weighted by molar-refractivity contribution is 5.96. The molecule has 0 radical (unpaired) electrons. The van der Waals surface area contributed by atoms with Gasteiger partial charge in [-0.15, -0.1) is 0 Å². The van der Waals surface area contributed by atoms with E-state index in [1.54, 1.807) is 18.2 Å². The molecule has 0 saturated carbocycles. The van der Waals surface area contributed by atoms with Gasteiger partial charge in [-0.05, 0) is 62.0 Å². The van der Waals surface area contributed by atoms with Gasteiger partial charge in [0.25, 0.3) is 5.91 Å². The average Bonchev–Trinajstić information content (AvgIpc) is 2.81. The standard InChI is InChI=1S/C25H28N2O4/c1-30-20-7-8-23-21(15-20)24(28)22(17-31-23)25(29)26-12-9-18-10-13-27(14-11-18)16-19-5-3-2-4-6-19/h2-8,15,17-18H,9-14,16H2,1H3,(H,26,29). The second-order valence-corrected chi connectivity index (χ2v) is 8.09. The van der Waals surface area contributed by atoms with Crippen LogP contribution in [0.1, 0.15) is 35.2 Å². The third-order valence-electron chi connectivity index (χ3n) is 6.02. The molecule has 2 heterocycles. The molecule has 0 spiro atoms. The fourth-order valence-corrected chi connectivity index (χ4v) is 4.15. The molecule has 162 valence electrons. The number of piperidine rings is 1. The lowest BCUT2D eigenvalue weighted by Gasteiger charge is -2.32. The van der Waals surface area contributed by atoms with Crippen molar-refractivity contribution in [2.24, 2.45) is 5.92 Å². The Morgan fingerprint density at radius 1 is 1.16 bits per heavy atom. The minimum Gasteiger partial charge on any atom is -0.497 e. The van der Waals surface area contributed by atoms with Gasteiger partial charge in [0.1, 0.15) is 23.2 Å². The Hall–Kier alpha value is -3.12. The maximum atomic E-state index is 12.7. The number of hydrogen-bond donors (Lipinski definition) is 1. The van der Waals surface area contributed by atoms with Crippen LogP contribution < -0.4 is 15.5 Å². The minimum atomic E-state index is -0.389. The number of methoxy groups -OCH3 is 1. The number of nitrogens with zero attached hydrogens (tertiary/aromatic N) is 1. The summed E-state index contributed by atoms with van der Waals surface area (Å²) < 4.78 is 10.6. The predicted octanol–water partition coefficient (Wildman–Crippen LogP) is 3.83. The number of likely N-dealkylation sites (tertiary alicyclic amines) is 1. The van der Waals surface area contributed by atoms with Gasteiger partial charge in [-0.2, -0.15) is 0 Å². The van der Waals surface area contributed by atoms with Gasteiger partial charge >= 0.3 is 0 Å². The number of ether oxygens (including phenoxy) is 1. The maximum Gasteiger partial charge on any atom is 0.258 e. The lowest BCUT2D eigenvalue weighted by Crippen LogP contribution is -2.35. The van der Waals surface area contributed by atoms with Crippen molar-refractivity contribution in [3.8, 4) is 5.75 Å².